The lowest BCUT2D eigenvalue weighted by Gasteiger charge is -2.18. The van der Waals surface area contributed by atoms with Crippen molar-refractivity contribution in [2.45, 2.75) is 13.8 Å². The quantitative estimate of drug-likeness (QED) is 0.419. The Kier molecular flexibility index (Phi) is 6.82. The number of nitrogens with zero attached hydrogens (tertiary/aromatic N) is 1. The van der Waals surface area contributed by atoms with Crippen molar-refractivity contribution in [3.05, 3.63) is 93.1 Å². The number of benzene rings is 3. The van der Waals surface area contributed by atoms with Gasteiger partial charge in [0.25, 0.3) is 17.7 Å². The molecule has 7 nitrogen and oxygen atoms in total. The molecule has 35 heavy (non-hydrogen) atoms. The molecule has 0 saturated heterocycles. The van der Waals surface area contributed by atoms with Gasteiger partial charge in [-0.15, -0.1) is 0 Å². The summed E-state index contributed by atoms with van der Waals surface area (Å²) in [4.78, 5) is 39.5. The second-order valence-corrected chi connectivity index (χ2v) is 8.67. The van der Waals surface area contributed by atoms with E-state index in [1.807, 2.05) is 32.0 Å². The molecule has 0 bridgehead atoms. The van der Waals surface area contributed by atoms with E-state index in [9.17, 15) is 14.4 Å². The summed E-state index contributed by atoms with van der Waals surface area (Å²) in [6.45, 7) is 3.92. The molecule has 9 heteroatoms. The molecular formula is C26H21Cl2N3O4. The smallest absolute Gasteiger partial charge is 0.283 e. The van der Waals surface area contributed by atoms with E-state index in [2.05, 4.69) is 10.6 Å². The first-order chi connectivity index (χ1) is 16.7. The molecule has 0 saturated carbocycles. The number of hydrogen-bond donors (Lipinski definition) is 2. The summed E-state index contributed by atoms with van der Waals surface area (Å²) in [6, 6.07) is 16.7. The van der Waals surface area contributed by atoms with E-state index in [0.29, 0.717) is 22.0 Å². The maximum Gasteiger partial charge on any atom is 0.283 e. The zero-order chi connectivity index (χ0) is 25.3. The van der Waals surface area contributed by atoms with Crippen LogP contribution in [0.3, 0.4) is 0 Å². The summed E-state index contributed by atoms with van der Waals surface area (Å²) in [6.07, 6.45) is 0. The number of anilines is 3. The second-order valence-electron chi connectivity index (χ2n) is 7.85. The Bertz CT molecular complexity index is 1380. The molecule has 4 rings (SSSR count). The van der Waals surface area contributed by atoms with Crippen LogP contribution in [-0.4, -0.2) is 24.8 Å². The highest BCUT2D eigenvalue weighted by atomic mass is 35.5. The van der Waals surface area contributed by atoms with Crippen LogP contribution in [0.4, 0.5) is 17.1 Å². The summed E-state index contributed by atoms with van der Waals surface area (Å²) in [5, 5.41) is 5.84. The van der Waals surface area contributed by atoms with Crippen LogP contribution in [-0.2, 0) is 9.59 Å². The minimum absolute atomic E-state index is 0.0914. The molecule has 0 aliphatic carbocycles. The van der Waals surface area contributed by atoms with Gasteiger partial charge in [0.2, 0.25) is 0 Å². The lowest BCUT2D eigenvalue weighted by atomic mass is 10.1. The highest BCUT2D eigenvalue weighted by molar-refractivity contribution is 6.53. The van der Waals surface area contributed by atoms with Crippen molar-refractivity contribution in [1.82, 2.24) is 0 Å². The Morgan fingerprint density at radius 2 is 1.66 bits per heavy atom. The van der Waals surface area contributed by atoms with Gasteiger partial charge in [0.15, 0.2) is 0 Å². The fourth-order valence-electron chi connectivity index (χ4n) is 3.60. The maximum atomic E-state index is 13.1. The number of nitrogens with one attached hydrogen (secondary N) is 2. The Morgan fingerprint density at radius 3 is 2.34 bits per heavy atom. The highest BCUT2D eigenvalue weighted by Gasteiger charge is 2.40. The second kappa shape index (κ2) is 9.82. The molecular weight excluding hydrogens is 489 g/mol. The first kappa shape index (κ1) is 24.3. The van der Waals surface area contributed by atoms with Crippen LogP contribution in [0.2, 0.25) is 5.02 Å². The normalized spacial score (nSPS) is 13.3. The van der Waals surface area contributed by atoms with Gasteiger partial charge in [-0.3, -0.25) is 14.4 Å². The van der Waals surface area contributed by atoms with Gasteiger partial charge in [0, 0.05) is 22.0 Å². The van der Waals surface area contributed by atoms with Crippen LogP contribution >= 0.6 is 23.2 Å². The predicted molar refractivity (Wildman–Crippen MR) is 137 cm³/mol. The Balaban J connectivity index is 1.52. The first-order valence-corrected chi connectivity index (χ1v) is 11.3. The molecule has 0 unspecified atom stereocenters. The number of methoxy groups -OCH3 is 1. The number of carbonyl (C=O) groups is 3. The first-order valence-electron chi connectivity index (χ1n) is 10.6. The topological polar surface area (TPSA) is 87.7 Å². The van der Waals surface area contributed by atoms with E-state index in [1.165, 1.54) is 13.2 Å². The van der Waals surface area contributed by atoms with E-state index in [1.54, 1.807) is 36.4 Å². The largest absolute Gasteiger partial charge is 0.495 e. The lowest BCUT2D eigenvalue weighted by Crippen LogP contribution is -2.32. The van der Waals surface area contributed by atoms with Gasteiger partial charge in [-0.2, -0.15) is 0 Å². The number of hydrogen-bond acceptors (Lipinski definition) is 5. The Labute approximate surface area is 212 Å². The molecule has 3 amide bonds. The molecule has 0 fully saturated rings. The number of imide groups is 1. The van der Waals surface area contributed by atoms with Gasteiger partial charge in [0.05, 0.1) is 12.8 Å². The van der Waals surface area contributed by atoms with Gasteiger partial charge in [-0.1, -0.05) is 35.3 Å². The number of carbonyl (C=O) groups excluding carboxylic acids is 3. The van der Waals surface area contributed by atoms with Crippen LogP contribution < -0.4 is 20.3 Å². The van der Waals surface area contributed by atoms with Crippen LogP contribution in [0, 0.1) is 13.8 Å². The minimum atomic E-state index is -0.704. The van der Waals surface area contributed by atoms with Crippen molar-refractivity contribution >= 4 is 58.0 Å². The third-order valence-corrected chi connectivity index (χ3v) is 6.26. The molecule has 1 aliphatic heterocycles. The zero-order valence-electron chi connectivity index (χ0n) is 19.1. The van der Waals surface area contributed by atoms with Crippen LogP contribution in [0.5, 0.6) is 5.75 Å². The maximum absolute atomic E-state index is 13.1. The van der Waals surface area contributed by atoms with E-state index in [4.69, 9.17) is 27.9 Å². The zero-order valence-corrected chi connectivity index (χ0v) is 20.6. The van der Waals surface area contributed by atoms with Crippen LogP contribution in [0.1, 0.15) is 21.5 Å². The fourth-order valence-corrected chi connectivity index (χ4v) is 3.98. The molecule has 2 N–H and O–H groups in total. The average molecular weight is 510 g/mol. The highest BCUT2D eigenvalue weighted by Crippen LogP contribution is 2.37. The van der Waals surface area contributed by atoms with Crippen molar-refractivity contribution in [2.24, 2.45) is 0 Å². The summed E-state index contributed by atoms with van der Waals surface area (Å²) in [7, 11) is 1.42. The van der Waals surface area contributed by atoms with Gasteiger partial charge >= 0.3 is 0 Å². The summed E-state index contributed by atoms with van der Waals surface area (Å²) in [5.74, 6) is -1.34. The Hall–Kier alpha value is -3.81. The molecule has 178 valence electrons. The van der Waals surface area contributed by atoms with Crippen LogP contribution in [0.15, 0.2) is 71.4 Å². The van der Waals surface area contributed by atoms with Crippen molar-refractivity contribution in [1.29, 1.82) is 0 Å². The summed E-state index contributed by atoms with van der Waals surface area (Å²) >= 11 is 12.3. The fraction of sp³-hybridized carbons (Fsp3) is 0.115. The molecule has 3 aromatic carbocycles. The number of amides is 3. The van der Waals surface area contributed by atoms with Crippen molar-refractivity contribution in [3.63, 3.8) is 0 Å². The molecule has 3 aromatic rings. The third-order valence-electron chi connectivity index (χ3n) is 5.68. The van der Waals surface area contributed by atoms with Gasteiger partial charge in [-0.25, -0.2) is 4.90 Å². The van der Waals surface area contributed by atoms with E-state index >= 15 is 0 Å². The van der Waals surface area contributed by atoms with Crippen LogP contribution in [0.25, 0.3) is 0 Å². The van der Waals surface area contributed by atoms with Crippen molar-refractivity contribution < 1.29 is 19.1 Å². The molecule has 0 aromatic heterocycles. The average Bonchev–Trinajstić information content (AvgIpc) is 3.05. The summed E-state index contributed by atoms with van der Waals surface area (Å²) in [5.41, 5.74) is 3.80. The number of rotatable bonds is 6. The SMILES string of the molecule is COc1ccc(Cl)cc1N1C(=O)C(Cl)=C(Nc2ccc(C(=O)Nc3cccc(C)c3C)cc2)C1=O. The van der Waals surface area contributed by atoms with E-state index in [-0.39, 0.29) is 22.3 Å². The lowest BCUT2D eigenvalue weighted by molar-refractivity contribution is -0.120. The number of aryl methyl sites for hydroxylation is 1. The monoisotopic (exact) mass is 509 g/mol. The van der Waals surface area contributed by atoms with Crippen molar-refractivity contribution in [3.8, 4) is 5.75 Å². The molecule has 0 atom stereocenters. The van der Waals surface area contributed by atoms with Gasteiger partial charge < -0.3 is 15.4 Å². The van der Waals surface area contributed by atoms with Gasteiger partial charge in [-0.05, 0) is 73.5 Å². The molecule has 1 heterocycles. The molecule has 0 radical (unpaired) electrons. The van der Waals surface area contributed by atoms with E-state index < -0.39 is 11.8 Å². The standard InChI is InChI=1S/C26H21Cl2N3O4/c1-14-5-4-6-19(15(14)2)30-24(32)16-7-10-18(11-8-16)29-23-22(28)25(33)31(26(23)34)20-13-17(27)9-12-21(20)35-3/h4-13,29H,1-3H3,(H,30,32). The Morgan fingerprint density at radius 1 is 0.943 bits per heavy atom. The number of ether oxygens (including phenoxy) is 1. The molecule has 0 spiro atoms. The summed E-state index contributed by atoms with van der Waals surface area (Å²) < 4.78 is 5.27. The third kappa shape index (κ3) is 4.73. The molecule has 1 aliphatic rings. The van der Waals surface area contributed by atoms with Gasteiger partial charge in [0.1, 0.15) is 16.5 Å². The van der Waals surface area contributed by atoms with E-state index in [0.717, 1.165) is 21.7 Å². The minimum Gasteiger partial charge on any atom is -0.495 e. The van der Waals surface area contributed by atoms with Crippen molar-refractivity contribution in [2.75, 3.05) is 22.6 Å². The number of halogens is 2. The predicted octanol–water partition coefficient (Wildman–Crippen LogP) is 5.65.